The fourth-order valence-corrected chi connectivity index (χ4v) is 2.62. The molecule has 2 atom stereocenters. The van der Waals surface area contributed by atoms with Crippen molar-refractivity contribution >= 4 is 0 Å². The molecule has 2 aliphatic rings. The van der Waals surface area contributed by atoms with Gasteiger partial charge >= 0.3 is 0 Å². The molecule has 1 saturated carbocycles. The van der Waals surface area contributed by atoms with E-state index in [0.717, 1.165) is 18.9 Å². The summed E-state index contributed by atoms with van der Waals surface area (Å²) < 4.78 is 0. The van der Waals surface area contributed by atoms with Gasteiger partial charge in [-0.15, -0.1) is 0 Å². The van der Waals surface area contributed by atoms with Gasteiger partial charge in [-0.3, -0.25) is 0 Å². The first-order valence-corrected chi connectivity index (χ1v) is 5.64. The molecule has 1 aliphatic carbocycles. The number of hydrogen-bond acceptors (Lipinski definition) is 2. The molecule has 0 aromatic rings. The number of β-amino-alcohol motifs (C(OH)–C–C–N with tert-alkyl or cyclic N) is 1. The highest BCUT2D eigenvalue weighted by molar-refractivity contribution is 4.80. The minimum absolute atomic E-state index is 0.0659. The summed E-state index contributed by atoms with van der Waals surface area (Å²) in [5.41, 5.74) is 0. The molecule has 1 aliphatic heterocycles. The molecular formula is C11H21NO. The average Bonchev–Trinajstić information content (AvgIpc) is 1.95. The number of likely N-dealkylation sites (tertiary alicyclic amines) is 1. The van der Waals surface area contributed by atoms with Crippen LogP contribution in [0.15, 0.2) is 0 Å². The number of aliphatic hydroxyl groups excluding tert-OH is 1. The molecule has 2 fully saturated rings. The van der Waals surface area contributed by atoms with Gasteiger partial charge in [0.1, 0.15) is 0 Å². The van der Waals surface area contributed by atoms with Crippen molar-refractivity contribution < 1.29 is 5.11 Å². The topological polar surface area (TPSA) is 23.5 Å². The van der Waals surface area contributed by atoms with Crippen molar-refractivity contribution in [3.8, 4) is 0 Å². The van der Waals surface area contributed by atoms with Gasteiger partial charge in [-0.25, -0.2) is 0 Å². The summed E-state index contributed by atoms with van der Waals surface area (Å²) in [6.07, 6.45) is 5.20. The maximum Gasteiger partial charge on any atom is 0.0670 e. The second kappa shape index (κ2) is 3.97. The third kappa shape index (κ3) is 2.44. The molecule has 0 amide bonds. The van der Waals surface area contributed by atoms with Crippen LogP contribution in [-0.2, 0) is 0 Å². The fourth-order valence-electron chi connectivity index (χ4n) is 2.62. The highest BCUT2D eigenvalue weighted by Crippen LogP contribution is 2.28. The normalized spacial score (nSPS) is 37.4. The summed E-state index contributed by atoms with van der Waals surface area (Å²) in [5, 5.41) is 9.61. The summed E-state index contributed by atoms with van der Waals surface area (Å²) >= 11 is 0. The van der Waals surface area contributed by atoms with Gasteiger partial charge in [-0.1, -0.05) is 13.3 Å². The van der Waals surface area contributed by atoms with E-state index in [1.165, 1.54) is 32.4 Å². The van der Waals surface area contributed by atoms with Crippen molar-refractivity contribution in [3.05, 3.63) is 0 Å². The van der Waals surface area contributed by atoms with E-state index < -0.39 is 0 Å². The number of rotatable bonds is 2. The third-order valence-corrected chi connectivity index (χ3v) is 3.45. The fraction of sp³-hybridized carbons (Fsp3) is 1.00. The SMILES string of the molecule is CC1CC(O)CN(CC2CCC2)C1. The predicted octanol–water partition coefficient (Wildman–Crippen LogP) is 1.49. The van der Waals surface area contributed by atoms with Crippen LogP contribution in [0.4, 0.5) is 0 Å². The number of piperidine rings is 1. The summed E-state index contributed by atoms with van der Waals surface area (Å²) in [6.45, 7) is 5.60. The molecule has 0 aromatic carbocycles. The van der Waals surface area contributed by atoms with E-state index in [1.54, 1.807) is 0 Å². The first kappa shape index (κ1) is 9.47. The smallest absolute Gasteiger partial charge is 0.0670 e. The molecule has 0 bridgehead atoms. The maximum atomic E-state index is 9.61. The van der Waals surface area contributed by atoms with Crippen LogP contribution >= 0.6 is 0 Å². The van der Waals surface area contributed by atoms with Crippen molar-refractivity contribution in [2.24, 2.45) is 11.8 Å². The van der Waals surface area contributed by atoms with Crippen LogP contribution in [0.1, 0.15) is 32.6 Å². The van der Waals surface area contributed by atoms with Gasteiger partial charge in [-0.2, -0.15) is 0 Å². The van der Waals surface area contributed by atoms with Gasteiger partial charge in [0.2, 0.25) is 0 Å². The number of nitrogens with zero attached hydrogens (tertiary/aromatic N) is 1. The largest absolute Gasteiger partial charge is 0.392 e. The summed E-state index contributed by atoms with van der Waals surface area (Å²) in [5.74, 6) is 1.63. The number of hydrogen-bond donors (Lipinski definition) is 1. The molecule has 0 radical (unpaired) electrons. The van der Waals surface area contributed by atoms with E-state index in [9.17, 15) is 5.11 Å². The van der Waals surface area contributed by atoms with E-state index in [4.69, 9.17) is 0 Å². The maximum absolute atomic E-state index is 9.61. The molecule has 0 aromatic heterocycles. The lowest BCUT2D eigenvalue weighted by Gasteiger charge is -2.38. The van der Waals surface area contributed by atoms with Gasteiger partial charge in [0.15, 0.2) is 0 Å². The standard InChI is InChI=1S/C11H21NO/c1-9-5-11(13)8-12(6-9)7-10-3-2-4-10/h9-11,13H,2-8H2,1H3. The highest BCUT2D eigenvalue weighted by atomic mass is 16.3. The van der Waals surface area contributed by atoms with Crippen LogP contribution in [0.2, 0.25) is 0 Å². The first-order chi connectivity index (χ1) is 6.24. The van der Waals surface area contributed by atoms with Crippen molar-refractivity contribution in [3.63, 3.8) is 0 Å². The Labute approximate surface area is 80.9 Å². The van der Waals surface area contributed by atoms with Crippen molar-refractivity contribution in [2.45, 2.75) is 38.7 Å². The minimum atomic E-state index is -0.0659. The van der Waals surface area contributed by atoms with Gasteiger partial charge in [0.05, 0.1) is 6.10 Å². The molecule has 76 valence electrons. The predicted molar refractivity (Wildman–Crippen MR) is 53.6 cm³/mol. The lowest BCUT2D eigenvalue weighted by Crippen LogP contribution is -2.45. The van der Waals surface area contributed by atoms with Gasteiger partial charge in [-0.05, 0) is 31.1 Å². The molecule has 2 nitrogen and oxygen atoms in total. The lowest BCUT2D eigenvalue weighted by atomic mass is 9.84. The molecular weight excluding hydrogens is 162 g/mol. The zero-order valence-electron chi connectivity index (χ0n) is 8.58. The van der Waals surface area contributed by atoms with Gasteiger partial charge in [0.25, 0.3) is 0 Å². The van der Waals surface area contributed by atoms with Gasteiger partial charge < -0.3 is 10.0 Å². The van der Waals surface area contributed by atoms with E-state index in [-0.39, 0.29) is 6.10 Å². The van der Waals surface area contributed by atoms with Crippen molar-refractivity contribution in [2.75, 3.05) is 19.6 Å². The van der Waals surface area contributed by atoms with E-state index >= 15 is 0 Å². The van der Waals surface area contributed by atoms with Crippen LogP contribution in [-0.4, -0.2) is 35.7 Å². The van der Waals surface area contributed by atoms with Crippen LogP contribution in [0.5, 0.6) is 0 Å². The average molecular weight is 183 g/mol. The van der Waals surface area contributed by atoms with Crippen LogP contribution in [0.3, 0.4) is 0 Å². The van der Waals surface area contributed by atoms with E-state index in [1.807, 2.05) is 0 Å². The zero-order chi connectivity index (χ0) is 9.26. The summed E-state index contributed by atoms with van der Waals surface area (Å²) in [6, 6.07) is 0. The van der Waals surface area contributed by atoms with Crippen LogP contribution in [0, 0.1) is 11.8 Å². The monoisotopic (exact) mass is 183 g/mol. The molecule has 1 saturated heterocycles. The molecule has 2 rings (SSSR count). The molecule has 0 spiro atoms. The first-order valence-electron chi connectivity index (χ1n) is 5.64. The zero-order valence-corrected chi connectivity index (χ0v) is 8.58. The highest BCUT2D eigenvalue weighted by Gasteiger charge is 2.26. The van der Waals surface area contributed by atoms with E-state index in [0.29, 0.717) is 5.92 Å². The Bertz CT molecular complexity index is 157. The van der Waals surface area contributed by atoms with Crippen LogP contribution in [0.25, 0.3) is 0 Å². The van der Waals surface area contributed by atoms with Crippen LogP contribution < -0.4 is 0 Å². The third-order valence-electron chi connectivity index (χ3n) is 3.45. The van der Waals surface area contributed by atoms with Gasteiger partial charge in [0, 0.05) is 19.6 Å². The molecule has 13 heavy (non-hydrogen) atoms. The lowest BCUT2D eigenvalue weighted by molar-refractivity contribution is 0.0296. The quantitative estimate of drug-likeness (QED) is 0.701. The number of aliphatic hydroxyl groups is 1. The van der Waals surface area contributed by atoms with Crippen molar-refractivity contribution in [1.82, 2.24) is 4.90 Å². The Morgan fingerprint density at radius 3 is 2.62 bits per heavy atom. The van der Waals surface area contributed by atoms with Crippen molar-refractivity contribution in [1.29, 1.82) is 0 Å². The molecule has 1 N–H and O–H groups in total. The molecule has 2 unspecified atom stereocenters. The Morgan fingerprint density at radius 2 is 2.08 bits per heavy atom. The summed E-state index contributed by atoms with van der Waals surface area (Å²) in [4.78, 5) is 2.46. The Hall–Kier alpha value is -0.0800. The Balaban J connectivity index is 1.77. The minimum Gasteiger partial charge on any atom is -0.392 e. The molecule has 1 heterocycles. The molecule has 2 heteroatoms. The Kier molecular flexibility index (Phi) is 2.89. The summed E-state index contributed by atoms with van der Waals surface area (Å²) in [7, 11) is 0. The second-order valence-corrected chi connectivity index (χ2v) is 5.01. The Morgan fingerprint density at radius 1 is 1.31 bits per heavy atom. The van der Waals surface area contributed by atoms with E-state index in [2.05, 4.69) is 11.8 Å². The second-order valence-electron chi connectivity index (χ2n) is 5.01.